The van der Waals surface area contributed by atoms with Gasteiger partial charge in [0.05, 0.1) is 12.7 Å². The van der Waals surface area contributed by atoms with Crippen LogP contribution in [0, 0.1) is 12.8 Å². The van der Waals surface area contributed by atoms with Crippen LogP contribution >= 0.6 is 0 Å². The number of hydrogen-bond acceptors (Lipinski definition) is 4. The van der Waals surface area contributed by atoms with Crippen LogP contribution in [0.2, 0.25) is 0 Å². The average molecular weight is 377 g/mol. The van der Waals surface area contributed by atoms with E-state index in [1.54, 1.807) is 10.9 Å². The van der Waals surface area contributed by atoms with Crippen molar-refractivity contribution in [3.63, 3.8) is 0 Å². The molecule has 27 heavy (non-hydrogen) atoms. The second kappa shape index (κ2) is 7.90. The summed E-state index contributed by atoms with van der Waals surface area (Å²) in [6.07, 6.45) is 7.01. The smallest absolute Gasteiger partial charge is 0.410 e. The predicted molar refractivity (Wildman–Crippen MR) is 102 cm³/mol. The highest BCUT2D eigenvalue weighted by Gasteiger charge is 2.47. The van der Waals surface area contributed by atoms with Gasteiger partial charge in [0.1, 0.15) is 11.6 Å². The summed E-state index contributed by atoms with van der Waals surface area (Å²) in [4.78, 5) is 28.9. The van der Waals surface area contributed by atoms with Gasteiger partial charge < -0.3 is 14.5 Å². The first-order chi connectivity index (χ1) is 12.9. The summed E-state index contributed by atoms with van der Waals surface area (Å²) in [7, 11) is 0. The van der Waals surface area contributed by atoms with Crippen molar-refractivity contribution in [2.75, 3.05) is 26.2 Å². The molecule has 1 atom stereocenters. The predicted octanol–water partition coefficient (Wildman–Crippen LogP) is 3.00. The minimum absolute atomic E-state index is 0.0751. The van der Waals surface area contributed by atoms with Gasteiger partial charge in [0.25, 0.3) is 0 Å². The molecule has 3 rings (SSSR count). The molecule has 3 heterocycles. The van der Waals surface area contributed by atoms with Crippen molar-refractivity contribution < 1.29 is 14.3 Å². The first-order valence-electron chi connectivity index (χ1n) is 10.1. The highest BCUT2D eigenvalue weighted by atomic mass is 16.6. The van der Waals surface area contributed by atoms with Crippen LogP contribution in [-0.2, 0) is 9.53 Å². The Bertz CT molecular complexity index is 675. The summed E-state index contributed by atoms with van der Waals surface area (Å²) in [6.45, 7) is 10.8. The van der Waals surface area contributed by atoms with Gasteiger partial charge >= 0.3 is 6.09 Å². The Morgan fingerprint density at radius 2 is 1.96 bits per heavy atom. The van der Waals surface area contributed by atoms with Crippen molar-refractivity contribution >= 4 is 12.0 Å². The van der Waals surface area contributed by atoms with Crippen LogP contribution in [-0.4, -0.2) is 63.4 Å². The number of aryl methyl sites for hydroxylation is 1. The minimum Gasteiger partial charge on any atom is -0.441 e. The summed E-state index contributed by atoms with van der Waals surface area (Å²) < 4.78 is 7.52. The Balaban J connectivity index is 1.57. The summed E-state index contributed by atoms with van der Waals surface area (Å²) >= 11 is 0. The van der Waals surface area contributed by atoms with E-state index in [0.29, 0.717) is 38.4 Å². The van der Waals surface area contributed by atoms with Crippen LogP contribution in [0.25, 0.3) is 0 Å². The van der Waals surface area contributed by atoms with Crippen molar-refractivity contribution in [3.8, 4) is 0 Å². The lowest BCUT2D eigenvalue weighted by Gasteiger charge is -2.38. The number of hydrogen-bond donors (Lipinski definition) is 0. The largest absolute Gasteiger partial charge is 0.441 e. The molecule has 0 aliphatic carbocycles. The molecular weight excluding hydrogens is 344 g/mol. The van der Waals surface area contributed by atoms with Crippen molar-refractivity contribution in [1.29, 1.82) is 0 Å². The Kier molecular flexibility index (Phi) is 5.77. The van der Waals surface area contributed by atoms with E-state index in [9.17, 15) is 9.59 Å². The van der Waals surface area contributed by atoms with Gasteiger partial charge in [-0.25, -0.2) is 4.79 Å². The maximum absolute atomic E-state index is 12.8. The van der Waals surface area contributed by atoms with Gasteiger partial charge in [0, 0.05) is 38.7 Å². The summed E-state index contributed by atoms with van der Waals surface area (Å²) in [5, 5.41) is 4.26. The number of ether oxygens (including phenoxy) is 1. The maximum Gasteiger partial charge on any atom is 0.410 e. The third-order valence-electron chi connectivity index (χ3n) is 6.15. The molecule has 0 unspecified atom stereocenters. The van der Waals surface area contributed by atoms with Crippen molar-refractivity contribution in [2.24, 2.45) is 5.92 Å². The van der Waals surface area contributed by atoms with E-state index < -0.39 is 5.60 Å². The molecule has 0 saturated carbocycles. The van der Waals surface area contributed by atoms with Crippen LogP contribution in [0.15, 0.2) is 12.4 Å². The monoisotopic (exact) mass is 376 g/mol. The number of piperidine rings is 1. The van der Waals surface area contributed by atoms with Gasteiger partial charge in [-0.1, -0.05) is 26.7 Å². The quantitative estimate of drug-likeness (QED) is 0.765. The third-order valence-corrected chi connectivity index (χ3v) is 6.15. The highest BCUT2D eigenvalue weighted by molar-refractivity contribution is 5.80. The van der Waals surface area contributed by atoms with E-state index in [0.717, 1.165) is 24.9 Å². The number of amides is 2. The molecule has 2 saturated heterocycles. The number of likely N-dealkylation sites (tertiary alicyclic amines) is 1. The molecule has 7 nitrogen and oxygen atoms in total. The molecule has 1 spiro atoms. The van der Waals surface area contributed by atoms with E-state index >= 15 is 0 Å². The fourth-order valence-corrected chi connectivity index (χ4v) is 4.11. The number of rotatable bonds is 6. The van der Waals surface area contributed by atoms with Gasteiger partial charge in [0.15, 0.2) is 0 Å². The molecule has 7 heteroatoms. The third kappa shape index (κ3) is 4.12. The standard InChI is InChI=1S/C20H32N4O3/c1-5-17(6-2)13-23-14-20(27-19(23)26)7-9-22(10-8-20)18(25)16(4)24-12-15(3)11-21-24/h11-12,16-17H,5-10,13-14H2,1-4H3/t16-/m0/s1. The van der Waals surface area contributed by atoms with Gasteiger partial charge in [0.2, 0.25) is 5.91 Å². The van der Waals surface area contributed by atoms with Crippen LogP contribution in [0.4, 0.5) is 4.79 Å². The van der Waals surface area contributed by atoms with Crippen LogP contribution in [0.3, 0.4) is 0 Å². The molecule has 150 valence electrons. The average Bonchev–Trinajstić information content (AvgIpc) is 3.22. The van der Waals surface area contributed by atoms with Crippen LogP contribution in [0.5, 0.6) is 0 Å². The molecule has 1 aromatic heterocycles. The fraction of sp³-hybridized carbons (Fsp3) is 0.750. The molecule has 0 radical (unpaired) electrons. The van der Waals surface area contributed by atoms with Gasteiger partial charge in [-0.3, -0.25) is 9.48 Å². The molecule has 1 aromatic rings. The zero-order valence-electron chi connectivity index (χ0n) is 17.0. The summed E-state index contributed by atoms with van der Waals surface area (Å²) in [6, 6.07) is -0.315. The Morgan fingerprint density at radius 3 is 2.52 bits per heavy atom. The molecule has 2 fully saturated rings. The lowest BCUT2D eigenvalue weighted by Crippen LogP contribution is -2.50. The van der Waals surface area contributed by atoms with Crippen molar-refractivity contribution in [3.05, 3.63) is 18.0 Å². The fourth-order valence-electron chi connectivity index (χ4n) is 4.11. The Morgan fingerprint density at radius 1 is 1.30 bits per heavy atom. The maximum atomic E-state index is 12.8. The van der Waals surface area contributed by atoms with E-state index in [2.05, 4.69) is 18.9 Å². The molecule has 2 aliphatic heterocycles. The van der Waals surface area contributed by atoms with E-state index in [4.69, 9.17) is 4.74 Å². The SMILES string of the molecule is CCC(CC)CN1CC2(CCN(C(=O)[C@H](C)n3cc(C)cn3)CC2)OC1=O. The normalized spacial score (nSPS) is 20.4. The van der Waals surface area contributed by atoms with Crippen LogP contribution < -0.4 is 0 Å². The van der Waals surface area contributed by atoms with E-state index in [1.165, 1.54) is 0 Å². The molecule has 0 N–H and O–H groups in total. The van der Waals surface area contributed by atoms with Gasteiger partial charge in [-0.2, -0.15) is 5.10 Å². The number of carbonyl (C=O) groups excluding carboxylic acids is 2. The number of aromatic nitrogens is 2. The van der Waals surface area contributed by atoms with Gasteiger partial charge in [-0.05, 0) is 25.3 Å². The molecule has 2 aliphatic rings. The second-order valence-corrected chi connectivity index (χ2v) is 8.11. The van der Waals surface area contributed by atoms with E-state index in [1.807, 2.05) is 29.8 Å². The molecule has 0 bridgehead atoms. The highest BCUT2D eigenvalue weighted by Crippen LogP contribution is 2.34. The Hall–Kier alpha value is -2.05. The van der Waals surface area contributed by atoms with Crippen LogP contribution in [0.1, 0.15) is 58.1 Å². The lowest BCUT2D eigenvalue weighted by atomic mass is 9.90. The first kappa shape index (κ1) is 19.7. The van der Waals surface area contributed by atoms with Gasteiger partial charge in [-0.15, -0.1) is 0 Å². The molecular formula is C20H32N4O3. The van der Waals surface area contributed by atoms with Crippen molar-refractivity contribution in [1.82, 2.24) is 19.6 Å². The molecule has 2 amide bonds. The Labute approximate surface area is 161 Å². The van der Waals surface area contributed by atoms with E-state index in [-0.39, 0.29) is 18.0 Å². The molecule has 0 aromatic carbocycles. The summed E-state index contributed by atoms with van der Waals surface area (Å²) in [5.74, 6) is 0.596. The zero-order chi connectivity index (χ0) is 19.6. The lowest BCUT2D eigenvalue weighted by molar-refractivity contribution is -0.138. The number of nitrogens with zero attached hydrogens (tertiary/aromatic N) is 4. The first-order valence-corrected chi connectivity index (χ1v) is 10.1. The zero-order valence-corrected chi connectivity index (χ0v) is 17.0. The number of carbonyl (C=O) groups is 2. The topological polar surface area (TPSA) is 67.7 Å². The second-order valence-electron chi connectivity index (χ2n) is 8.11. The van der Waals surface area contributed by atoms with Crippen molar-refractivity contribution in [2.45, 2.75) is 65.0 Å². The minimum atomic E-state index is -0.425. The summed E-state index contributed by atoms with van der Waals surface area (Å²) in [5.41, 5.74) is 0.619.